The first-order valence-corrected chi connectivity index (χ1v) is 6.56. The molecular formula is C13H16ClF3N2O2. The smallest absolute Gasteiger partial charge is 0.405 e. The van der Waals surface area contributed by atoms with Gasteiger partial charge in [0.15, 0.2) is 6.61 Å². The van der Waals surface area contributed by atoms with Crippen LogP contribution in [0.2, 0.25) is 5.02 Å². The van der Waals surface area contributed by atoms with E-state index in [4.69, 9.17) is 22.1 Å². The third-order valence-corrected chi connectivity index (χ3v) is 2.72. The van der Waals surface area contributed by atoms with Crippen LogP contribution < -0.4 is 15.8 Å². The van der Waals surface area contributed by atoms with Crippen molar-refractivity contribution < 1.29 is 22.7 Å². The number of nitrogens with one attached hydrogen (secondary N) is 1. The maximum Gasteiger partial charge on any atom is 0.405 e. The summed E-state index contributed by atoms with van der Waals surface area (Å²) in [5.74, 6) is -0.613. The molecule has 0 aliphatic carbocycles. The number of rotatable bonds is 6. The van der Waals surface area contributed by atoms with Crippen LogP contribution in [0.3, 0.4) is 0 Å². The first-order valence-electron chi connectivity index (χ1n) is 6.18. The van der Waals surface area contributed by atoms with Crippen LogP contribution in [0.5, 0.6) is 5.75 Å². The van der Waals surface area contributed by atoms with E-state index >= 15 is 0 Å². The maximum atomic E-state index is 12.0. The van der Waals surface area contributed by atoms with E-state index in [-0.39, 0.29) is 16.8 Å². The van der Waals surface area contributed by atoms with E-state index in [0.29, 0.717) is 12.0 Å². The Balaban J connectivity index is 2.64. The summed E-state index contributed by atoms with van der Waals surface area (Å²) in [4.78, 5) is 11.3. The zero-order valence-electron chi connectivity index (χ0n) is 11.3. The predicted octanol–water partition coefficient (Wildman–Crippen LogP) is 2.29. The topological polar surface area (TPSA) is 64.3 Å². The molecule has 0 aliphatic rings. The summed E-state index contributed by atoms with van der Waals surface area (Å²) in [6.07, 6.45) is -3.99. The molecule has 0 fully saturated rings. The standard InChI is InChI=1S/C13H16ClF3N2O2/c1-8(18)5-9-3-2-4-10(14)12(9)21-6-11(20)19-7-13(15,16)17/h2-4,8H,5-7,18H2,1H3,(H,19,20). The van der Waals surface area contributed by atoms with E-state index in [2.05, 4.69) is 0 Å². The molecule has 0 heterocycles. The highest BCUT2D eigenvalue weighted by Crippen LogP contribution is 2.29. The fraction of sp³-hybridized carbons (Fsp3) is 0.462. The van der Waals surface area contributed by atoms with Crippen molar-refractivity contribution in [3.8, 4) is 5.75 Å². The number of benzene rings is 1. The fourth-order valence-corrected chi connectivity index (χ4v) is 1.86. The van der Waals surface area contributed by atoms with Gasteiger partial charge >= 0.3 is 6.18 Å². The Labute approximate surface area is 125 Å². The molecule has 1 amide bonds. The van der Waals surface area contributed by atoms with Gasteiger partial charge in [-0.05, 0) is 25.0 Å². The quantitative estimate of drug-likeness (QED) is 0.844. The van der Waals surface area contributed by atoms with Gasteiger partial charge in [0.2, 0.25) is 0 Å². The van der Waals surface area contributed by atoms with Crippen molar-refractivity contribution >= 4 is 17.5 Å². The van der Waals surface area contributed by atoms with Crippen LogP contribution in [0.15, 0.2) is 18.2 Å². The van der Waals surface area contributed by atoms with Crippen LogP contribution in [0.25, 0.3) is 0 Å². The molecule has 0 bridgehead atoms. The molecule has 0 spiro atoms. The average molecular weight is 325 g/mol. The van der Waals surface area contributed by atoms with Gasteiger partial charge in [0.25, 0.3) is 5.91 Å². The monoisotopic (exact) mass is 324 g/mol. The predicted molar refractivity (Wildman–Crippen MR) is 73.4 cm³/mol. The normalized spacial score (nSPS) is 12.9. The zero-order chi connectivity index (χ0) is 16.0. The molecule has 3 N–H and O–H groups in total. The van der Waals surface area contributed by atoms with Crippen LogP contribution in [0.1, 0.15) is 12.5 Å². The number of alkyl halides is 3. The van der Waals surface area contributed by atoms with Gasteiger partial charge in [0, 0.05) is 6.04 Å². The summed E-state index contributed by atoms with van der Waals surface area (Å²) in [5, 5.41) is 1.99. The van der Waals surface area contributed by atoms with E-state index in [0.717, 1.165) is 0 Å². The maximum absolute atomic E-state index is 12.0. The van der Waals surface area contributed by atoms with E-state index < -0.39 is 25.2 Å². The van der Waals surface area contributed by atoms with Gasteiger partial charge < -0.3 is 15.8 Å². The third kappa shape index (κ3) is 6.68. The Bertz CT molecular complexity index is 493. The molecule has 8 heteroatoms. The minimum Gasteiger partial charge on any atom is -0.482 e. The molecule has 4 nitrogen and oxygen atoms in total. The minimum atomic E-state index is -4.46. The van der Waals surface area contributed by atoms with E-state index in [9.17, 15) is 18.0 Å². The molecule has 1 atom stereocenters. The van der Waals surface area contributed by atoms with Crippen molar-refractivity contribution in [2.24, 2.45) is 5.73 Å². The Morgan fingerprint density at radius 3 is 2.71 bits per heavy atom. The summed E-state index contributed by atoms with van der Waals surface area (Å²) in [7, 11) is 0. The number of para-hydroxylation sites is 1. The van der Waals surface area contributed by atoms with Crippen LogP contribution >= 0.6 is 11.6 Å². The molecule has 0 aliphatic heterocycles. The Hall–Kier alpha value is -1.47. The van der Waals surface area contributed by atoms with Crippen molar-refractivity contribution in [3.05, 3.63) is 28.8 Å². The second kappa shape index (κ2) is 7.51. The number of carbonyl (C=O) groups excluding carboxylic acids is 1. The molecule has 1 aromatic rings. The third-order valence-electron chi connectivity index (χ3n) is 2.42. The van der Waals surface area contributed by atoms with Crippen molar-refractivity contribution in [2.75, 3.05) is 13.2 Å². The van der Waals surface area contributed by atoms with Gasteiger partial charge in [0.1, 0.15) is 12.3 Å². The van der Waals surface area contributed by atoms with Crippen molar-refractivity contribution in [1.29, 1.82) is 0 Å². The lowest BCUT2D eigenvalue weighted by atomic mass is 10.1. The molecule has 21 heavy (non-hydrogen) atoms. The van der Waals surface area contributed by atoms with Gasteiger partial charge in [0.05, 0.1) is 5.02 Å². The fourth-order valence-electron chi connectivity index (χ4n) is 1.61. The lowest BCUT2D eigenvalue weighted by Crippen LogP contribution is -2.36. The molecule has 0 saturated carbocycles. The highest BCUT2D eigenvalue weighted by atomic mass is 35.5. The number of hydrogen-bond acceptors (Lipinski definition) is 3. The summed E-state index contributed by atoms with van der Waals surface area (Å²) < 4.78 is 41.1. The lowest BCUT2D eigenvalue weighted by Gasteiger charge is -2.15. The Morgan fingerprint density at radius 1 is 1.48 bits per heavy atom. The number of halogens is 4. The summed E-state index contributed by atoms with van der Waals surface area (Å²) in [5.41, 5.74) is 6.39. The molecule has 1 aromatic carbocycles. The first-order chi connectivity index (χ1) is 9.69. The molecule has 118 valence electrons. The SMILES string of the molecule is CC(N)Cc1cccc(Cl)c1OCC(=O)NCC(F)(F)F. The highest BCUT2D eigenvalue weighted by Gasteiger charge is 2.27. The lowest BCUT2D eigenvalue weighted by molar-refractivity contribution is -0.139. The van der Waals surface area contributed by atoms with E-state index in [1.807, 2.05) is 0 Å². The highest BCUT2D eigenvalue weighted by molar-refractivity contribution is 6.32. The Morgan fingerprint density at radius 2 is 2.14 bits per heavy atom. The van der Waals surface area contributed by atoms with Gasteiger partial charge in [-0.15, -0.1) is 0 Å². The molecule has 1 unspecified atom stereocenters. The minimum absolute atomic E-state index is 0.148. The zero-order valence-corrected chi connectivity index (χ0v) is 12.1. The molecule has 0 saturated heterocycles. The average Bonchev–Trinajstić information content (AvgIpc) is 2.34. The summed E-state index contributed by atoms with van der Waals surface area (Å²) in [6, 6.07) is 4.86. The number of ether oxygens (including phenoxy) is 1. The van der Waals surface area contributed by atoms with E-state index in [1.165, 1.54) is 0 Å². The van der Waals surface area contributed by atoms with Crippen LogP contribution in [0.4, 0.5) is 13.2 Å². The van der Waals surface area contributed by atoms with Gasteiger partial charge in [-0.1, -0.05) is 23.7 Å². The second-order valence-electron chi connectivity index (χ2n) is 4.59. The molecule has 0 radical (unpaired) electrons. The number of amides is 1. The first kappa shape index (κ1) is 17.6. The molecular weight excluding hydrogens is 309 g/mol. The van der Waals surface area contributed by atoms with Crippen LogP contribution in [-0.2, 0) is 11.2 Å². The second-order valence-corrected chi connectivity index (χ2v) is 5.00. The number of carbonyl (C=O) groups is 1. The largest absolute Gasteiger partial charge is 0.482 e. The van der Waals surface area contributed by atoms with Gasteiger partial charge in [-0.3, -0.25) is 4.79 Å². The van der Waals surface area contributed by atoms with Crippen molar-refractivity contribution in [3.63, 3.8) is 0 Å². The number of nitrogens with two attached hydrogens (primary N) is 1. The Kier molecular flexibility index (Phi) is 6.29. The summed E-state index contributed by atoms with van der Waals surface area (Å²) >= 11 is 5.97. The van der Waals surface area contributed by atoms with E-state index in [1.54, 1.807) is 30.4 Å². The van der Waals surface area contributed by atoms with Crippen molar-refractivity contribution in [1.82, 2.24) is 5.32 Å². The van der Waals surface area contributed by atoms with Crippen LogP contribution in [-0.4, -0.2) is 31.3 Å². The van der Waals surface area contributed by atoms with Crippen molar-refractivity contribution in [2.45, 2.75) is 25.6 Å². The molecule has 0 aromatic heterocycles. The van der Waals surface area contributed by atoms with Gasteiger partial charge in [-0.25, -0.2) is 0 Å². The molecule has 1 rings (SSSR count). The summed E-state index contributed by atoms with van der Waals surface area (Å²) in [6.45, 7) is -0.156. The number of hydrogen-bond donors (Lipinski definition) is 2. The van der Waals surface area contributed by atoms with Crippen LogP contribution in [0, 0.1) is 0 Å². The van der Waals surface area contributed by atoms with Gasteiger partial charge in [-0.2, -0.15) is 13.2 Å².